The van der Waals surface area contributed by atoms with Gasteiger partial charge in [0.05, 0.1) is 5.25 Å². The van der Waals surface area contributed by atoms with Gasteiger partial charge in [0.25, 0.3) is 0 Å². The minimum Gasteiger partial charge on any atom is -0.329 e. The van der Waals surface area contributed by atoms with Gasteiger partial charge in [-0.25, -0.2) is 4.98 Å². The van der Waals surface area contributed by atoms with Crippen LogP contribution in [-0.4, -0.2) is 20.7 Å². The number of anilines is 1. The Hall–Kier alpha value is -1.75. The van der Waals surface area contributed by atoms with Crippen LogP contribution in [-0.2, 0) is 11.8 Å². The molecule has 0 unspecified atom stereocenters. The number of carbonyl (C=O) groups is 1. The molecule has 2 aromatic rings. The lowest BCUT2D eigenvalue weighted by atomic mass is 10.2. The molecule has 1 N–H and O–H groups in total. The van der Waals surface area contributed by atoms with E-state index in [1.54, 1.807) is 6.20 Å². The van der Waals surface area contributed by atoms with Crippen molar-refractivity contribution in [1.29, 1.82) is 0 Å². The van der Waals surface area contributed by atoms with Gasteiger partial charge in [0.1, 0.15) is 0 Å². The molecule has 1 aromatic carbocycles. The molecule has 1 atom stereocenters. The molecular weight excluding hydrogens is 258 g/mol. The molecule has 5 heteroatoms. The fraction of sp³-hybridized carbons (Fsp3) is 0.286. The van der Waals surface area contributed by atoms with Gasteiger partial charge in [-0.15, -0.1) is 0 Å². The van der Waals surface area contributed by atoms with E-state index in [2.05, 4.69) is 10.3 Å². The van der Waals surface area contributed by atoms with Crippen molar-refractivity contribution in [1.82, 2.24) is 9.55 Å². The predicted octanol–water partition coefficient (Wildman–Crippen LogP) is 2.85. The quantitative estimate of drug-likeness (QED) is 0.873. The Morgan fingerprint density at radius 3 is 2.63 bits per heavy atom. The van der Waals surface area contributed by atoms with Crippen LogP contribution in [0.2, 0.25) is 0 Å². The molecule has 0 aliphatic rings. The minimum atomic E-state index is -0.192. The van der Waals surface area contributed by atoms with Gasteiger partial charge in [-0.05, 0) is 26.0 Å². The number of hydrogen-bond acceptors (Lipinski definition) is 3. The molecule has 1 heterocycles. The van der Waals surface area contributed by atoms with E-state index >= 15 is 0 Å². The number of rotatable bonds is 4. The standard InChI is InChI=1S/C14H17N3OS/c1-10-4-6-12(7-5-10)16-13(18)11(2)19-14-15-8-9-17(14)3/h4-9,11H,1-3H3,(H,16,18)/t11-/m0/s1. The van der Waals surface area contributed by atoms with Crippen LogP contribution in [0.1, 0.15) is 12.5 Å². The van der Waals surface area contributed by atoms with Crippen LogP contribution in [0.5, 0.6) is 0 Å². The van der Waals surface area contributed by atoms with Gasteiger partial charge in [-0.1, -0.05) is 29.5 Å². The lowest BCUT2D eigenvalue weighted by molar-refractivity contribution is -0.115. The maximum atomic E-state index is 12.1. The maximum Gasteiger partial charge on any atom is 0.237 e. The summed E-state index contributed by atoms with van der Waals surface area (Å²) < 4.78 is 1.90. The van der Waals surface area contributed by atoms with Crippen LogP contribution in [0.3, 0.4) is 0 Å². The molecular formula is C14H17N3OS. The third kappa shape index (κ3) is 3.61. The van der Waals surface area contributed by atoms with Gasteiger partial charge < -0.3 is 9.88 Å². The first kappa shape index (κ1) is 13.7. The third-order valence-electron chi connectivity index (χ3n) is 2.75. The molecule has 0 radical (unpaired) electrons. The number of hydrogen-bond donors (Lipinski definition) is 1. The average molecular weight is 275 g/mol. The summed E-state index contributed by atoms with van der Waals surface area (Å²) >= 11 is 1.45. The van der Waals surface area contributed by atoms with Gasteiger partial charge in [-0.3, -0.25) is 4.79 Å². The Balaban J connectivity index is 1.96. The summed E-state index contributed by atoms with van der Waals surface area (Å²) in [6, 6.07) is 7.77. The highest BCUT2D eigenvalue weighted by molar-refractivity contribution is 8.00. The Bertz CT molecular complexity index is 562. The monoisotopic (exact) mass is 275 g/mol. The summed E-state index contributed by atoms with van der Waals surface area (Å²) in [6.07, 6.45) is 3.60. The zero-order valence-electron chi connectivity index (χ0n) is 11.3. The number of amides is 1. The summed E-state index contributed by atoms with van der Waals surface area (Å²) in [5, 5.41) is 3.55. The van der Waals surface area contributed by atoms with Crippen LogP contribution in [0.25, 0.3) is 0 Å². The van der Waals surface area contributed by atoms with Crippen molar-refractivity contribution < 1.29 is 4.79 Å². The number of nitrogens with one attached hydrogen (secondary N) is 1. The first-order chi connectivity index (χ1) is 9.06. The molecule has 19 heavy (non-hydrogen) atoms. The minimum absolute atomic E-state index is 0.0168. The van der Waals surface area contributed by atoms with Crippen molar-refractivity contribution in [2.45, 2.75) is 24.3 Å². The van der Waals surface area contributed by atoms with Crippen LogP contribution in [0.15, 0.2) is 41.8 Å². The predicted molar refractivity (Wildman–Crippen MR) is 78.3 cm³/mol. The third-order valence-corrected chi connectivity index (χ3v) is 3.92. The number of carbonyl (C=O) groups excluding carboxylic acids is 1. The first-order valence-electron chi connectivity index (χ1n) is 6.08. The van der Waals surface area contributed by atoms with Gasteiger partial charge in [0.2, 0.25) is 5.91 Å². The Morgan fingerprint density at radius 1 is 1.37 bits per heavy atom. The average Bonchev–Trinajstić information content (AvgIpc) is 2.78. The first-order valence-corrected chi connectivity index (χ1v) is 6.96. The van der Waals surface area contributed by atoms with E-state index in [0.29, 0.717) is 0 Å². The summed E-state index contributed by atoms with van der Waals surface area (Å²) in [5.41, 5.74) is 2.00. The highest BCUT2D eigenvalue weighted by Gasteiger charge is 2.16. The van der Waals surface area contributed by atoms with Crippen molar-refractivity contribution >= 4 is 23.4 Å². The summed E-state index contributed by atoms with van der Waals surface area (Å²) in [4.78, 5) is 16.3. The lowest BCUT2D eigenvalue weighted by Gasteiger charge is -2.11. The second-order valence-electron chi connectivity index (χ2n) is 4.44. The highest BCUT2D eigenvalue weighted by atomic mass is 32.2. The molecule has 4 nitrogen and oxygen atoms in total. The van der Waals surface area contributed by atoms with Crippen molar-refractivity contribution in [2.24, 2.45) is 7.05 Å². The van der Waals surface area contributed by atoms with E-state index in [-0.39, 0.29) is 11.2 Å². The SMILES string of the molecule is Cc1ccc(NC(=O)[C@H](C)Sc2nccn2C)cc1. The molecule has 0 aliphatic heterocycles. The fourth-order valence-electron chi connectivity index (χ4n) is 1.56. The maximum absolute atomic E-state index is 12.1. The molecule has 0 aliphatic carbocycles. The Morgan fingerprint density at radius 2 is 2.05 bits per heavy atom. The molecule has 100 valence electrons. The zero-order valence-corrected chi connectivity index (χ0v) is 12.1. The Labute approximate surface area is 117 Å². The van der Waals surface area contributed by atoms with Gasteiger partial charge >= 0.3 is 0 Å². The number of thioether (sulfide) groups is 1. The summed E-state index contributed by atoms with van der Waals surface area (Å²) in [5.74, 6) is -0.0168. The van der Waals surface area contributed by atoms with Crippen LogP contribution >= 0.6 is 11.8 Å². The number of nitrogens with zero attached hydrogens (tertiary/aromatic N) is 2. The van der Waals surface area contributed by atoms with E-state index in [1.165, 1.54) is 17.3 Å². The number of benzene rings is 1. The topological polar surface area (TPSA) is 46.9 Å². The van der Waals surface area contributed by atoms with E-state index in [9.17, 15) is 4.79 Å². The van der Waals surface area contributed by atoms with Crippen LogP contribution in [0, 0.1) is 6.92 Å². The van der Waals surface area contributed by atoms with E-state index in [4.69, 9.17) is 0 Å². The van der Waals surface area contributed by atoms with Gasteiger partial charge in [0, 0.05) is 25.1 Å². The fourth-order valence-corrected chi connectivity index (χ4v) is 2.39. The summed E-state index contributed by atoms with van der Waals surface area (Å²) in [6.45, 7) is 3.90. The largest absolute Gasteiger partial charge is 0.329 e. The van der Waals surface area contributed by atoms with Gasteiger partial charge in [-0.2, -0.15) is 0 Å². The number of aryl methyl sites for hydroxylation is 2. The van der Waals surface area contributed by atoms with E-state index in [1.807, 2.05) is 55.9 Å². The normalized spacial score (nSPS) is 12.2. The molecule has 1 aromatic heterocycles. The summed E-state index contributed by atoms with van der Waals surface area (Å²) in [7, 11) is 1.92. The van der Waals surface area contributed by atoms with Crippen molar-refractivity contribution in [3.8, 4) is 0 Å². The van der Waals surface area contributed by atoms with E-state index < -0.39 is 0 Å². The van der Waals surface area contributed by atoms with Crippen molar-refractivity contribution in [3.05, 3.63) is 42.2 Å². The smallest absolute Gasteiger partial charge is 0.237 e. The Kier molecular flexibility index (Phi) is 4.27. The van der Waals surface area contributed by atoms with Crippen molar-refractivity contribution in [2.75, 3.05) is 5.32 Å². The molecule has 1 amide bonds. The molecule has 0 saturated heterocycles. The highest BCUT2D eigenvalue weighted by Crippen LogP contribution is 2.22. The second kappa shape index (κ2) is 5.93. The number of aromatic nitrogens is 2. The van der Waals surface area contributed by atoms with Gasteiger partial charge in [0.15, 0.2) is 5.16 Å². The molecule has 0 fully saturated rings. The molecule has 0 bridgehead atoms. The lowest BCUT2D eigenvalue weighted by Crippen LogP contribution is -2.22. The van der Waals surface area contributed by atoms with Crippen molar-refractivity contribution in [3.63, 3.8) is 0 Å². The van der Waals surface area contributed by atoms with E-state index in [0.717, 1.165) is 10.8 Å². The number of imidazole rings is 1. The zero-order chi connectivity index (χ0) is 13.8. The molecule has 0 saturated carbocycles. The molecule has 0 spiro atoms. The second-order valence-corrected chi connectivity index (χ2v) is 5.74. The van der Waals surface area contributed by atoms with Crippen LogP contribution in [0.4, 0.5) is 5.69 Å². The molecule has 2 rings (SSSR count). The van der Waals surface area contributed by atoms with Crippen LogP contribution < -0.4 is 5.32 Å².